The van der Waals surface area contributed by atoms with E-state index in [1.165, 1.54) is 0 Å². The van der Waals surface area contributed by atoms with E-state index in [9.17, 15) is 5.26 Å². The topological polar surface area (TPSA) is 96.0 Å². The standard InChI is InChI=1S/C20H17BrN2O5/c1-3-25-16-4-10(13(21)6-15(16)24-2)19-11-5-17-18(27-9-26-17)7-14(11)28-20(23)12(19)8-22/h4-7,19H,3,9,23H2,1-2H3/t19-/m1/s1. The van der Waals surface area contributed by atoms with Gasteiger partial charge in [0.1, 0.15) is 17.4 Å². The number of allylic oxidation sites excluding steroid dienone is 1. The van der Waals surface area contributed by atoms with Crippen LogP contribution in [0.5, 0.6) is 28.7 Å². The Morgan fingerprint density at radius 3 is 2.57 bits per heavy atom. The summed E-state index contributed by atoms with van der Waals surface area (Å²) in [6.07, 6.45) is 0. The van der Waals surface area contributed by atoms with Gasteiger partial charge in [-0.25, -0.2) is 0 Å². The van der Waals surface area contributed by atoms with Crippen molar-refractivity contribution in [3.8, 4) is 34.8 Å². The number of hydrogen-bond acceptors (Lipinski definition) is 7. The molecule has 0 spiro atoms. The van der Waals surface area contributed by atoms with Crippen molar-refractivity contribution in [2.45, 2.75) is 12.8 Å². The van der Waals surface area contributed by atoms with E-state index in [1.54, 1.807) is 13.2 Å². The molecule has 0 aliphatic carbocycles. The minimum Gasteiger partial charge on any atom is -0.493 e. The molecule has 0 saturated heterocycles. The van der Waals surface area contributed by atoms with Gasteiger partial charge in [0.2, 0.25) is 12.7 Å². The first-order valence-corrected chi connectivity index (χ1v) is 9.38. The molecule has 1 atom stereocenters. The number of hydrogen-bond donors (Lipinski definition) is 1. The molecule has 7 nitrogen and oxygen atoms in total. The van der Waals surface area contributed by atoms with E-state index >= 15 is 0 Å². The molecule has 2 heterocycles. The number of fused-ring (bicyclic) bond motifs is 2. The van der Waals surface area contributed by atoms with Crippen LogP contribution in [0.2, 0.25) is 0 Å². The van der Waals surface area contributed by atoms with Crippen molar-refractivity contribution < 1.29 is 23.7 Å². The maximum absolute atomic E-state index is 9.78. The zero-order chi connectivity index (χ0) is 19.8. The van der Waals surface area contributed by atoms with Gasteiger partial charge in [-0.2, -0.15) is 5.26 Å². The number of rotatable bonds is 4. The van der Waals surface area contributed by atoms with Crippen molar-refractivity contribution in [1.29, 1.82) is 5.26 Å². The lowest BCUT2D eigenvalue weighted by atomic mass is 9.83. The normalized spacial score (nSPS) is 16.9. The van der Waals surface area contributed by atoms with Crippen molar-refractivity contribution in [1.82, 2.24) is 0 Å². The predicted octanol–water partition coefficient (Wildman–Crippen LogP) is 3.80. The molecule has 4 rings (SSSR count). The van der Waals surface area contributed by atoms with Crippen LogP contribution in [0.4, 0.5) is 0 Å². The van der Waals surface area contributed by atoms with Gasteiger partial charge >= 0.3 is 0 Å². The summed E-state index contributed by atoms with van der Waals surface area (Å²) >= 11 is 3.59. The van der Waals surface area contributed by atoms with Crippen LogP contribution < -0.4 is 29.4 Å². The molecule has 0 unspecified atom stereocenters. The molecule has 0 fully saturated rings. The minimum absolute atomic E-state index is 0.0551. The molecule has 2 aliphatic rings. The van der Waals surface area contributed by atoms with Crippen molar-refractivity contribution in [2.24, 2.45) is 5.73 Å². The number of ether oxygens (including phenoxy) is 5. The fourth-order valence-corrected chi connectivity index (χ4v) is 3.92. The number of methoxy groups -OCH3 is 1. The molecule has 2 aliphatic heterocycles. The summed E-state index contributed by atoms with van der Waals surface area (Å²) < 4.78 is 28.5. The molecule has 8 heteroatoms. The molecule has 0 saturated carbocycles. The van der Waals surface area contributed by atoms with Crippen LogP contribution in [0.1, 0.15) is 24.0 Å². The van der Waals surface area contributed by atoms with Crippen LogP contribution in [0.15, 0.2) is 40.2 Å². The van der Waals surface area contributed by atoms with Gasteiger partial charge in [0.25, 0.3) is 0 Å². The zero-order valence-corrected chi connectivity index (χ0v) is 16.8. The van der Waals surface area contributed by atoms with E-state index in [0.29, 0.717) is 40.9 Å². The lowest BCUT2D eigenvalue weighted by Gasteiger charge is -2.28. The molecule has 0 bridgehead atoms. The summed E-state index contributed by atoms with van der Waals surface area (Å²) in [6.45, 7) is 2.51. The first-order chi connectivity index (χ1) is 13.6. The van der Waals surface area contributed by atoms with Crippen LogP contribution >= 0.6 is 15.9 Å². The van der Waals surface area contributed by atoms with Crippen LogP contribution in [0.3, 0.4) is 0 Å². The van der Waals surface area contributed by atoms with E-state index in [2.05, 4.69) is 22.0 Å². The molecule has 28 heavy (non-hydrogen) atoms. The second kappa shape index (κ2) is 7.17. The molecular formula is C20H17BrN2O5. The summed E-state index contributed by atoms with van der Waals surface area (Å²) in [5.41, 5.74) is 7.93. The maximum atomic E-state index is 9.78. The second-order valence-corrected chi connectivity index (χ2v) is 6.98. The maximum Gasteiger partial charge on any atom is 0.231 e. The lowest BCUT2D eigenvalue weighted by molar-refractivity contribution is 0.174. The Morgan fingerprint density at radius 2 is 1.89 bits per heavy atom. The molecule has 0 radical (unpaired) electrons. The van der Waals surface area contributed by atoms with Gasteiger partial charge in [-0.05, 0) is 30.7 Å². The lowest BCUT2D eigenvalue weighted by Crippen LogP contribution is -2.21. The van der Waals surface area contributed by atoms with E-state index in [-0.39, 0.29) is 12.7 Å². The van der Waals surface area contributed by atoms with Gasteiger partial charge in [0.15, 0.2) is 23.0 Å². The fraction of sp³-hybridized carbons (Fsp3) is 0.250. The third-order valence-corrected chi connectivity index (χ3v) is 5.29. The Bertz CT molecular complexity index is 1030. The first-order valence-electron chi connectivity index (χ1n) is 8.58. The Kier molecular flexibility index (Phi) is 4.69. The Morgan fingerprint density at radius 1 is 1.14 bits per heavy atom. The number of halogens is 1. The van der Waals surface area contributed by atoms with Crippen LogP contribution in [-0.4, -0.2) is 20.5 Å². The average Bonchev–Trinajstić information content (AvgIpc) is 3.14. The second-order valence-electron chi connectivity index (χ2n) is 6.13. The molecule has 2 N–H and O–H groups in total. The molecule has 2 aromatic rings. The number of nitrogens with zero attached hydrogens (tertiary/aromatic N) is 1. The van der Waals surface area contributed by atoms with Gasteiger partial charge < -0.3 is 29.4 Å². The van der Waals surface area contributed by atoms with Gasteiger partial charge in [-0.15, -0.1) is 0 Å². The third kappa shape index (κ3) is 2.88. The summed E-state index contributed by atoms with van der Waals surface area (Å²) in [6, 6.07) is 9.40. The van der Waals surface area contributed by atoms with E-state index in [1.807, 2.05) is 25.1 Å². The highest BCUT2D eigenvalue weighted by Gasteiger charge is 2.35. The van der Waals surface area contributed by atoms with Crippen LogP contribution in [0.25, 0.3) is 0 Å². The first kappa shape index (κ1) is 18.3. The average molecular weight is 445 g/mol. The van der Waals surface area contributed by atoms with Crippen molar-refractivity contribution in [2.75, 3.05) is 20.5 Å². The highest BCUT2D eigenvalue weighted by atomic mass is 79.9. The third-order valence-electron chi connectivity index (χ3n) is 4.60. The summed E-state index contributed by atoms with van der Waals surface area (Å²) in [4.78, 5) is 0. The van der Waals surface area contributed by atoms with Crippen molar-refractivity contribution >= 4 is 15.9 Å². The fourth-order valence-electron chi connectivity index (χ4n) is 3.37. The van der Waals surface area contributed by atoms with Gasteiger partial charge in [-0.3, -0.25) is 0 Å². The van der Waals surface area contributed by atoms with Gasteiger partial charge in [0.05, 0.1) is 19.6 Å². The molecule has 0 aromatic heterocycles. The molecule has 2 aromatic carbocycles. The van der Waals surface area contributed by atoms with Crippen molar-refractivity contribution in [3.05, 3.63) is 51.3 Å². The highest BCUT2D eigenvalue weighted by molar-refractivity contribution is 9.10. The smallest absolute Gasteiger partial charge is 0.231 e. The molecule has 144 valence electrons. The summed E-state index contributed by atoms with van der Waals surface area (Å²) in [5, 5.41) is 9.78. The van der Waals surface area contributed by atoms with Crippen LogP contribution in [0, 0.1) is 11.3 Å². The molecule has 0 amide bonds. The Balaban J connectivity index is 1.94. The zero-order valence-electron chi connectivity index (χ0n) is 15.2. The molecular weight excluding hydrogens is 428 g/mol. The number of nitriles is 1. The van der Waals surface area contributed by atoms with E-state index in [0.717, 1.165) is 15.6 Å². The van der Waals surface area contributed by atoms with E-state index < -0.39 is 5.92 Å². The minimum atomic E-state index is -0.470. The van der Waals surface area contributed by atoms with E-state index in [4.69, 9.17) is 29.4 Å². The SMILES string of the molecule is CCOc1cc([C@H]2C(C#N)=C(N)Oc3cc4c(cc32)OCO4)c(Br)cc1OC. The quantitative estimate of drug-likeness (QED) is 0.765. The summed E-state index contributed by atoms with van der Waals surface area (Å²) in [5.74, 6) is 2.45. The predicted molar refractivity (Wildman–Crippen MR) is 104 cm³/mol. The Hall–Kier alpha value is -3.05. The highest BCUT2D eigenvalue weighted by Crippen LogP contribution is 2.50. The van der Waals surface area contributed by atoms with Gasteiger partial charge in [0, 0.05) is 16.1 Å². The van der Waals surface area contributed by atoms with Crippen molar-refractivity contribution in [3.63, 3.8) is 0 Å². The largest absolute Gasteiger partial charge is 0.493 e. The monoisotopic (exact) mass is 444 g/mol. The summed E-state index contributed by atoms with van der Waals surface area (Å²) in [7, 11) is 1.58. The number of nitrogens with two attached hydrogens (primary N) is 1. The van der Waals surface area contributed by atoms with Crippen LogP contribution in [-0.2, 0) is 0 Å². The van der Waals surface area contributed by atoms with Gasteiger partial charge in [-0.1, -0.05) is 15.9 Å². The Labute approximate surface area is 170 Å². The number of benzene rings is 2.